The second-order valence-corrected chi connectivity index (χ2v) is 4.61. The van der Waals surface area contributed by atoms with Crippen LogP contribution in [0.4, 0.5) is 0 Å². The third-order valence-electron chi connectivity index (χ3n) is 3.23. The first-order valence-corrected chi connectivity index (χ1v) is 6.31. The van der Waals surface area contributed by atoms with E-state index in [1.165, 1.54) is 6.92 Å². The van der Waals surface area contributed by atoms with Crippen molar-refractivity contribution in [3.63, 3.8) is 0 Å². The number of hydrogen-bond donors (Lipinski definition) is 2. The van der Waals surface area contributed by atoms with Crippen LogP contribution in [-0.2, 0) is 9.59 Å². The predicted octanol–water partition coefficient (Wildman–Crippen LogP) is 0.698. The number of nitrogens with zero attached hydrogens (tertiary/aromatic N) is 1. The van der Waals surface area contributed by atoms with Crippen LogP contribution in [0.25, 0.3) is 0 Å². The van der Waals surface area contributed by atoms with Gasteiger partial charge in [0.25, 0.3) is 0 Å². The van der Waals surface area contributed by atoms with Crippen molar-refractivity contribution < 1.29 is 14.7 Å². The number of carboxylic acid groups (broad SMARTS) is 1. The fourth-order valence-corrected chi connectivity index (χ4v) is 2.03. The molecule has 5 heteroatoms. The van der Waals surface area contributed by atoms with Crippen LogP contribution in [0.3, 0.4) is 0 Å². The highest BCUT2D eigenvalue weighted by molar-refractivity contribution is 5.96. The molecule has 0 saturated carbocycles. The molecule has 1 aliphatic heterocycles. The summed E-state index contributed by atoms with van der Waals surface area (Å²) in [5.74, 6) is -2.22. The number of rotatable bonds is 5. The highest BCUT2D eigenvalue weighted by Crippen LogP contribution is 2.13. The zero-order valence-corrected chi connectivity index (χ0v) is 10.6. The molecule has 0 aromatic rings. The lowest BCUT2D eigenvalue weighted by molar-refractivity contribution is -0.150. The second kappa shape index (κ2) is 6.59. The minimum Gasteiger partial charge on any atom is -0.481 e. The van der Waals surface area contributed by atoms with Crippen molar-refractivity contribution in [3.8, 4) is 0 Å². The van der Waals surface area contributed by atoms with Crippen LogP contribution in [0.15, 0.2) is 0 Å². The molecule has 2 N–H and O–H groups in total. The van der Waals surface area contributed by atoms with Gasteiger partial charge < -0.3 is 15.3 Å². The third kappa shape index (κ3) is 4.00. The summed E-state index contributed by atoms with van der Waals surface area (Å²) in [7, 11) is 0. The molecule has 1 atom stereocenters. The molecule has 0 aromatic heterocycles. The van der Waals surface area contributed by atoms with E-state index in [4.69, 9.17) is 5.11 Å². The van der Waals surface area contributed by atoms with Gasteiger partial charge >= 0.3 is 5.97 Å². The normalized spacial score (nSPS) is 19.1. The summed E-state index contributed by atoms with van der Waals surface area (Å²) in [5, 5.41) is 12.2. The van der Waals surface area contributed by atoms with E-state index in [0.717, 1.165) is 25.8 Å². The van der Waals surface area contributed by atoms with Gasteiger partial charge in [-0.2, -0.15) is 0 Å². The molecule has 98 valence electrons. The fraction of sp³-hybridized carbons (Fsp3) is 0.833. The van der Waals surface area contributed by atoms with Crippen LogP contribution < -0.4 is 5.32 Å². The van der Waals surface area contributed by atoms with Gasteiger partial charge in [-0.25, -0.2) is 0 Å². The van der Waals surface area contributed by atoms with Crippen molar-refractivity contribution in [2.45, 2.75) is 39.2 Å². The maximum Gasteiger partial charge on any atom is 0.315 e. The summed E-state index contributed by atoms with van der Waals surface area (Å²) < 4.78 is 0. The monoisotopic (exact) mass is 242 g/mol. The first-order chi connectivity index (χ1) is 8.06. The second-order valence-electron chi connectivity index (χ2n) is 4.61. The lowest BCUT2D eigenvalue weighted by Gasteiger charge is -2.33. The summed E-state index contributed by atoms with van der Waals surface area (Å²) >= 11 is 0. The lowest BCUT2D eigenvalue weighted by Crippen LogP contribution is -2.47. The van der Waals surface area contributed by atoms with E-state index in [-0.39, 0.29) is 5.91 Å². The molecule has 1 fully saturated rings. The molecule has 5 nitrogen and oxygen atoms in total. The average molecular weight is 242 g/mol. The maximum absolute atomic E-state index is 11.8. The SMILES string of the molecule is CCCNC1CCN(C(=O)C(C)C(=O)O)CC1. The number of likely N-dealkylation sites (tertiary alicyclic amines) is 1. The Morgan fingerprint density at radius 2 is 2.00 bits per heavy atom. The molecule has 0 aliphatic carbocycles. The molecule has 0 aromatic carbocycles. The summed E-state index contributed by atoms with van der Waals surface area (Å²) in [6.07, 6.45) is 2.94. The Morgan fingerprint density at radius 3 is 2.47 bits per heavy atom. The van der Waals surface area contributed by atoms with Crippen molar-refractivity contribution in [3.05, 3.63) is 0 Å². The number of carboxylic acids is 1. The molecule has 1 amide bonds. The first-order valence-electron chi connectivity index (χ1n) is 6.31. The molecule has 1 rings (SSSR count). The molecule has 1 unspecified atom stereocenters. The van der Waals surface area contributed by atoms with E-state index in [2.05, 4.69) is 12.2 Å². The van der Waals surface area contributed by atoms with Crippen LogP contribution in [0.2, 0.25) is 0 Å². The van der Waals surface area contributed by atoms with Gasteiger partial charge in [-0.1, -0.05) is 6.92 Å². The summed E-state index contributed by atoms with van der Waals surface area (Å²) in [6, 6.07) is 0.471. The van der Waals surface area contributed by atoms with Crippen LogP contribution in [0.5, 0.6) is 0 Å². The number of amides is 1. The topological polar surface area (TPSA) is 69.6 Å². The number of carbonyl (C=O) groups is 2. The first kappa shape index (κ1) is 14.0. The van der Waals surface area contributed by atoms with Crippen molar-refractivity contribution in [2.75, 3.05) is 19.6 Å². The van der Waals surface area contributed by atoms with Gasteiger partial charge in [-0.05, 0) is 32.7 Å². The molecule has 1 saturated heterocycles. The number of aliphatic carboxylic acids is 1. The highest BCUT2D eigenvalue weighted by Gasteiger charge is 2.29. The number of piperidine rings is 1. The minimum absolute atomic E-state index is 0.258. The lowest BCUT2D eigenvalue weighted by atomic mass is 10.0. The Hall–Kier alpha value is -1.10. The minimum atomic E-state index is -1.04. The van der Waals surface area contributed by atoms with Gasteiger partial charge in [0.15, 0.2) is 0 Å². The van der Waals surface area contributed by atoms with Gasteiger partial charge in [-0.3, -0.25) is 9.59 Å². The molecule has 17 heavy (non-hydrogen) atoms. The molecule has 1 heterocycles. The van der Waals surface area contributed by atoms with E-state index < -0.39 is 11.9 Å². The Bertz CT molecular complexity index is 273. The largest absolute Gasteiger partial charge is 0.481 e. The quantitative estimate of drug-likeness (QED) is 0.696. The number of hydrogen-bond acceptors (Lipinski definition) is 3. The van der Waals surface area contributed by atoms with Crippen molar-refractivity contribution in [2.24, 2.45) is 5.92 Å². The molecule has 0 spiro atoms. The van der Waals surface area contributed by atoms with E-state index in [0.29, 0.717) is 19.1 Å². The third-order valence-corrected chi connectivity index (χ3v) is 3.23. The van der Waals surface area contributed by atoms with E-state index in [9.17, 15) is 9.59 Å². The van der Waals surface area contributed by atoms with E-state index >= 15 is 0 Å². The summed E-state index contributed by atoms with van der Waals surface area (Å²) in [6.45, 7) is 5.91. The Kier molecular flexibility index (Phi) is 5.41. The Balaban J connectivity index is 2.36. The summed E-state index contributed by atoms with van der Waals surface area (Å²) in [4.78, 5) is 24.2. The Morgan fingerprint density at radius 1 is 1.41 bits per heavy atom. The van der Waals surface area contributed by atoms with Gasteiger partial charge in [-0.15, -0.1) is 0 Å². The van der Waals surface area contributed by atoms with Crippen molar-refractivity contribution in [1.29, 1.82) is 0 Å². The fourth-order valence-electron chi connectivity index (χ4n) is 2.03. The predicted molar refractivity (Wildman–Crippen MR) is 64.7 cm³/mol. The maximum atomic E-state index is 11.8. The number of nitrogens with one attached hydrogen (secondary N) is 1. The zero-order valence-electron chi connectivity index (χ0n) is 10.6. The molecular weight excluding hydrogens is 220 g/mol. The van der Waals surface area contributed by atoms with Gasteiger partial charge in [0, 0.05) is 19.1 Å². The van der Waals surface area contributed by atoms with Gasteiger partial charge in [0.2, 0.25) is 5.91 Å². The van der Waals surface area contributed by atoms with Crippen LogP contribution in [0, 0.1) is 5.92 Å². The smallest absolute Gasteiger partial charge is 0.315 e. The Labute approximate surface area is 102 Å². The standard InChI is InChI=1S/C12H22N2O3/c1-3-6-13-10-4-7-14(8-5-10)11(15)9(2)12(16)17/h9-10,13H,3-8H2,1-2H3,(H,16,17). The average Bonchev–Trinajstić information content (AvgIpc) is 2.35. The van der Waals surface area contributed by atoms with Crippen molar-refractivity contribution in [1.82, 2.24) is 10.2 Å². The molecule has 0 radical (unpaired) electrons. The zero-order chi connectivity index (χ0) is 12.8. The van der Waals surface area contributed by atoms with Gasteiger partial charge in [0.05, 0.1) is 0 Å². The van der Waals surface area contributed by atoms with Gasteiger partial charge in [0.1, 0.15) is 5.92 Å². The molecule has 1 aliphatic rings. The van der Waals surface area contributed by atoms with Crippen molar-refractivity contribution >= 4 is 11.9 Å². The van der Waals surface area contributed by atoms with E-state index in [1.807, 2.05) is 0 Å². The van der Waals surface area contributed by atoms with E-state index in [1.54, 1.807) is 4.90 Å². The van der Waals surface area contributed by atoms with Crippen LogP contribution in [0.1, 0.15) is 33.1 Å². The molecular formula is C12H22N2O3. The van der Waals surface area contributed by atoms with Crippen LogP contribution in [-0.4, -0.2) is 47.6 Å². The summed E-state index contributed by atoms with van der Waals surface area (Å²) in [5.41, 5.74) is 0. The molecule has 0 bridgehead atoms. The highest BCUT2D eigenvalue weighted by atomic mass is 16.4. The van der Waals surface area contributed by atoms with Crippen LogP contribution >= 0.6 is 0 Å². The number of carbonyl (C=O) groups excluding carboxylic acids is 1.